The third-order valence-corrected chi connectivity index (χ3v) is 2.56. The Kier molecular flexibility index (Phi) is 4.96. The summed E-state index contributed by atoms with van der Waals surface area (Å²) in [5.41, 5.74) is -0.588. The molecule has 0 bridgehead atoms. The van der Waals surface area contributed by atoms with Crippen molar-refractivity contribution in [3.05, 3.63) is 11.4 Å². The molecule has 0 fully saturated rings. The van der Waals surface area contributed by atoms with E-state index in [1.54, 1.807) is 0 Å². The molecule has 98 valence electrons. The van der Waals surface area contributed by atoms with Crippen LogP contribution in [0, 0.1) is 0 Å². The Morgan fingerprint density at radius 2 is 1.76 bits per heavy atom. The molecule has 0 saturated carbocycles. The van der Waals surface area contributed by atoms with Crippen molar-refractivity contribution in [2.45, 2.75) is 58.7 Å². The second-order valence-corrected chi connectivity index (χ2v) is 4.06. The van der Waals surface area contributed by atoms with Crippen LogP contribution in [0.4, 0.5) is 13.2 Å². The summed E-state index contributed by atoms with van der Waals surface area (Å²) in [7, 11) is 0. The van der Waals surface area contributed by atoms with Crippen LogP contribution in [0.15, 0.2) is 0 Å². The summed E-state index contributed by atoms with van der Waals surface area (Å²) in [6.45, 7) is 4.15. The minimum Gasteiger partial charge on any atom is -0.240 e. The topological polar surface area (TPSA) is 30.7 Å². The first-order valence-corrected chi connectivity index (χ1v) is 6.00. The summed E-state index contributed by atoms with van der Waals surface area (Å²) in [5.74, 6) is 0. The van der Waals surface area contributed by atoms with E-state index < -0.39 is 11.9 Å². The Morgan fingerprint density at radius 1 is 1.12 bits per heavy atom. The van der Waals surface area contributed by atoms with Crippen LogP contribution < -0.4 is 0 Å². The second-order valence-electron chi connectivity index (χ2n) is 4.06. The molecule has 1 aromatic rings. The van der Waals surface area contributed by atoms with E-state index in [-0.39, 0.29) is 12.2 Å². The highest BCUT2D eigenvalue weighted by Crippen LogP contribution is 2.31. The lowest BCUT2D eigenvalue weighted by atomic mass is 10.1. The predicted octanol–water partition coefficient (Wildman–Crippen LogP) is 3.44. The standard InChI is InChI=1S/C11H18F3N3/c1-3-5-7-9-10(11(12,13)14)17(16-15-9)8-6-4-2/h3-8H2,1-2H3. The first-order chi connectivity index (χ1) is 8.00. The third kappa shape index (κ3) is 3.71. The van der Waals surface area contributed by atoms with Crippen LogP contribution in [-0.2, 0) is 19.1 Å². The first kappa shape index (κ1) is 14.0. The largest absolute Gasteiger partial charge is 0.434 e. The Morgan fingerprint density at radius 3 is 2.29 bits per heavy atom. The van der Waals surface area contributed by atoms with Crippen molar-refractivity contribution in [1.82, 2.24) is 15.0 Å². The molecule has 17 heavy (non-hydrogen) atoms. The van der Waals surface area contributed by atoms with Gasteiger partial charge in [-0.15, -0.1) is 5.10 Å². The molecule has 0 N–H and O–H groups in total. The molecule has 0 aromatic carbocycles. The predicted molar refractivity (Wildman–Crippen MR) is 58.5 cm³/mol. The minimum absolute atomic E-state index is 0.0791. The van der Waals surface area contributed by atoms with E-state index in [4.69, 9.17) is 0 Å². The molecule has 1 aromatic heterocycles. The van der Waals surface area contributed by atoms with Crippen LogP contribution in [0.1, 0.15) is 50.9 Å². The van der Waals surface area contributed by atoms with Gasteiger partial charge in [0, 0.05) is 6.54 Å². The fraction of sp³-hybridized carbons (Fsp3) is 0.818. The van der Waals surface area contributed by atoms with E-state index in [9.17, 15) is 13.2 Å². The molecule has 1 heterocycles. The number of nitrogens with zero attached hydrogens (tertiary/aromatic N) is 3. The fourth-order valence-corrected chi connectivity index (χ4v) is 1.64. The van der Waals surface area contributed by atoms with Gasteiger partial charge in [0.2, 0.25) is 0 Å². The third-order valence-electron chi connectivity index (χ3n) is 2.56. The molecule has 6 heteroatoms. The summed E-state index contributed by atoms with van der Waals surface area (Å²) in [6, 6.07) is 0. The van der Waals surface area contributed by atoms with Crippen molar-refractivity contribution in [2.75, 3.05) is 0 Å². The monoisotopic (exact) mass is 249 g/mol. The first-order valence-electron chi connectivity index (χ1n) is 6.00. The van der Waals surface area contributed by atoms with Crippen molar-refractivity contribution < 1.29 is 13.2 Å². The number of hydrogen-bond acceptors (Lipinski definition) is 2. The molecule has 0 aliphatic rings. The van der Waals surface area contributed by atoms with Crippen molar-refractivity contribution in [1.29, 1.82) is 0 Å². The van der Waals surface area contributed by atoms with Gasteiger partial charge < -0.3 is 0 Å². The van der Waals surface area contributed by atoms with E-state index in [2.05, 4.69) is 10.3 Å². The van der Waals surface area contributed by atoms with E-state index in [1.807, 2.05) is 13.8 Å². The summed E-state index contributed by atoms with van der Waals surface area (Å²) >= 11 is 0. The molecule has 3 nitrogen and oxygen atoms in total. The average Bonchev–Trinajstić information content (AvgIpc) is 2.66. The zero-order valence-corrected chi connectivity index (χ0v) is 10.2. The highest BCUT2D eigenvalue weighted by atomic mass is 19.4. The van der Waals surface area contributed by atoms with Crippen molar-refractivity contribution in [3.8, 4) is 0 Å². The van der Waals surface area contributed by atoms with Gasteiger partial charge in [0.15, 0.2) is 5.69 Å². The van der Waals surface area contributed by atoms with Gasteiger partial charge in [0.05, 0.1) is 5.69 Å². The van der Waals surface area contributed by atoms with Crippen molar-refractivity contribution >= 4 is 0 Å². The summed E-state index contributed by atoms with van der Waals surface area (Å²) in [6.07, 6.45) is -0.951. The van der Waals surface area contributed by atoms with Crippen LogP contribution in [-0.4, -0.2) is 15.0 Å². The summed E-state index contributed by atoms with van der Waals surface area (Å²) in [5, 5.41) is 7.29. The lowest BCUT2D eigenvalue weighted by Gasteiger charge is -2.10. The molecule has 1 rings (SSSR count). The van der Waals surface area contributed by atoms with Crippen LogP contribution in [0.25, 0.3) is 0 Å². The lowest BCUT2D eigenvalue weighted by Crippen LogP contribution is -2.16. The van der Waals surface area contributed by atoms with Gasteiger partial charge in [-0.05, 0) is 19.3 Å². The van der Waals surface area contributed by atoms with Gasteiger partial charge in [-0.1, -0.05) is 31.9 Å². The maximum Gasteiger partial charge on any atom is 0.434 e. The maximum atomic E-state index is 12.9. The quantitative estimate of drug-likeness (QED) is 0.773. The number of unbranched alkanes of at least 4 members (excludes halogenated alkanes) is 2. The molecule has 0 aliphatic heterocycles. The number of aromatic nitrogens is 3. The Bertz CT molecular complexity index is 319. The van der Waals surface area contributed by atoms with Crippen LogP contribution in [0.2, 0.25) is 0 Å². The number of aryl methyl sites for hydroxylation is 2. The Labute approximate surface area is 99.0 Å². The lowest BCUT2D eigenvalue weighted by molar-refractivity contribution is -0.144. The molecule has 0 radical (unpaired) electrons. The summed E-state index contributed by atoms with van der Waals surface area (Å²) < 4.78 is 39.7. The van der Waals surface area contributed by atoms with Gasteiger partial charge in [0.1, 0.15) is 0 Å². The van der Waals surface area contributed by atoms with Crippen LogP contribution in [0.5, 0.6) is 0 Å². The van der Waals surface area contributed by atoms with Crippen LogP contribution >= 0.6 is 0 Å². The number of halogens is 3. The molecular formula is C11H18F3N3. The molecule has 0 amide bonds. The molecule has 0 spiro atoms. The summed E-state index contributed by atoms with van der Waals surface area (Å²) in [4.78, 5) is 0. The molecule has 0 saturated heterocycles. The van der Waals surface area contributed by atoms with Gasteiger partial charge in [-0.2, -0.15) is 13.2 Å². The van der Waals surface area contributed by atoms with E-state index >= 15 is 0 Å². The SMILES string of the molecule is CCCCc1nnn(CCCC)c1C(F)(F)F. The Hall–Kier alpha value is -1.07. The zero-order chi connectivity index (χ0) is 12.9. The molecule has 0 atom stereocenters. The highest BCUT2D eigenvalue weighted by molar-refractivity contribution is 5.14. The van der Waals surface area contributed by atoms with Crippen molar-refractivity contribution in [3.63, 3.8) is 0 Å². The number of alkyl halides is 3. The average molecular weight is 249 g/mol. The fourth-order valence-electron chi connectivity index (χ4n) is 1.64. The molecule has 0 aliphatic carbocycles. The molecule has 0 unspecified atom stereocenters. The van der Waals surface area contributed by atoms with Crippen molar-refractivity contribution in [2.24, 2.45) is 0 Å². The van der Waals surface area contributed by atoms with E-state index in [0.717, 1.165) is 17.5 Å². The second kappa shape index (κ2) is 6.02. The number of rotatable bonds is 6. The van der Waals surface area contributed by atoms with E-state index in [0.29, 0.717) is 19.3 Å². The molecular weight excluding hydrogens is 231 g/mol. The number of hydrogen-bond donors (Lipinski definition) is 0. The van der Waals surface area contributed by atoms with Gasteiger partial charge in [-0.25, -0.2) is 4.68 Å². The van der Waals surface area contributed by atoms with Gasteiger partial charge >= 0.3 is 6.18 Å². The normalized spacial score (nSPS) is 12.1. The minimum atomic E-state index is -4.36. The Balaban J connectivity index is 2.94. The highest BCUT2D eigenvalue weighted by Gasteiger charge is 2.38. The van der Waals surface area contributed by atoms with E-state index in [1.165, 1.54) is 0 Å². The van der Waals surface area contributed by atoms with Gasteiger partial charge in [0.25, 0.3) is 0 Å². The zero-order valence-electron chi connectivity index (χ0n) is 10.2. The smallest absolute Gasteiger partial charge is 0.240 e. The maximum absolute atomic E-state index is 12.9. The van der Waals surface area contributed by atoms with Gasteiger partial charge in [-0.3, -0.25) is 0 Å². The van der Waals surface area contributed by atoms with Crippen LogP contribution in [0.3, 0.4) is 0 Å².